The van der Waals surface area contributed by atoms with E-state index in [9.17, 15) is 4.79 Å². The summed E-state index contributed by atoms with van der Waals surface area (Å²) in [6.07, 6.45) is 7.15. The summed E-state index contributed by atoms with van der Waals surface area (Å²) in [5.74, 6) is 0.0141. The molecule has 0 atom stereocenters. The Hall–Kier alpha value is -1.36. The maximum Gasteiger partial charge on any atom is 0.243 e. The molecule has 0 saturated carbocycles. The van der Waals surface area contributed by atoms with Crippen LogP contribution in [0.2, 0.25) is 0 Å². The Morgan fingerprint density at radius 1 is 1.59 bits per heavy atom. The van der Waals surface area contributed by atoms with Crippen molar-refractivity contribution >= 4 is 22.4 Å². The quantitative estimate of drug-likeness (QED) is 0.833. The first-order valence-corrected chi connectivity index (χ1v) is 6.75. The predicted molar refractivity (Wildman–Crippen MR) is 70.3 cm³/mol. The number of allylic oxidation sites excluding steroid dienone is 1. The summed E-state index contributed by atoms with van der Waals surface area (Å²) in [5.41, 5.74) is 0. The molecule has 1 aliphatic heterocycles. The van der Waals surface area contributed by atoms with Crippen LogP contribution in [0.15, 0.2) is 23.7 Å². The minimum atomic E-state index is 0.0141. The maximum atomic E-state index is 11.4. The van der Waals surface area contributed by atoms with Crippen molar-refractivity contribution in [1.82, 2.24) is 10.3 Å². The van der Waals surface area contributed by atoms with Crippen LogP contribution in [-0.4, -0.2) is 30.0 Å². The van der Waals surface area contributed by atoms with Crippen molar-refractivity contribution < 1.29 is 4.79 Å². The number of hydrogen-bond donors (Lipinski definition) is 1. The van der Waals surface area contributed by atoms with Gasteiger partial charge in [0.25, 0.3) is 0 Å². The lowest BCUT2D eigenvalue weighted by Crippen LogP contribution is -2.44. The fourth-order valence-corrected chi connectivity index (χ4v) is 2.68. The minimum absolute atomic E-state index is 0.0141. The van der Waals surface area contributed by atoms with Gasteiger partial charge in [-0.05, 0) is 25.8 Å². The van der Waals surface area contributed by atoms with E-state index in [1.54, 1.807) is 23.5 Å². The Morgan fingerprint density at radius 2 is 2.35 bits per heavy atom. The Kier molecular flexibility index (Phi) is 4.14. The van der Waals surface area contributed by atoms with Gasteiger partial charge in [-0.3, -0.25) is 4.79 Å². The van der Waals surface area contributed by atoms with Crippen molar-refractivity contribution in [3.8, 4) is 0 Å². The molecule has 1 aromatic heterocycles. The van der Waals surface area contributed by atoms with Gasteiger partial charge in [0.05, 0.1) is 0 Å². The van der Waals surface area contributed by atoms with Crippen LogP contribution in [-0.2, 0) is 4.79 Å². The smallest absolute Gasteiger partial charge is 0.243 e. The standard InChI is InChI=1S/C12H17N3OS/c1-2-3-11(16)14-10-4-7-15(8-5-10)12-13-6-9-17-12/h2-3,6,9-10H,4-5,7-8H2,1H3,(H,14,16)/b3-2+. The molecule has 4 nitrogen and oxygen atoms in total. The van der Waals surface area contributed by atoms with E-state index in [1.807, 2.05) is 18.5 Å². The highest BCUT2D eigenvalue weighted by molar-refractivity contribution is 7.13. The van der Waals surface area contributed by atoms with Gasteiger partial charge in [-0.1, -0.05) is 6.08 Å². The average molecular weight is 251 g/mol. The summed E-state index contributed by atoms with van der Waals surface area (Å²) < 4.78 is 0. The molecule has 1 amide bonds. The zero-order chi connectivity index (χ0) is 12.1. The number of amides is 1. The lowest BCUT2D eigenvalue weighted by Gasteiger charge is -2.31. The summed E-state index contributed by atoms with van der Waals surface area (Å²) in [6.45, 7) is 3.78. The molecule has 1 N–H and O–H groups in total. The number of carbonyl (C=O) groups is 1. The van der Waals surface area contributed by atoms with Crippen LogP contribution in [0.3, 0.4) is 0 Å². The van der Waals surface area contributed by atoms with Gasteiger partial charge in [0.1, 0.15) is 0 Å². The number of piperidine rings is 1. The molecule has 1 aliphatic rings. The molecule has 0 aliphatic carbocycles. The van der Waals surface area contributed by atoms with Gasteiger partial charge in [-0.2, -0.15) is 0 Å². The van der Waals surface area contributed by atoms with Crippen LogP contribution >= 0.6 is 11.3 Å². The zero-order valence-corrected chi connectivity index (χ0v) is 10.7. The summed E-state index contributed by atoms with van der Waals surface area (Å²) in [5, 5.41) is 6.10. The van der Waals surface area contributed by atoms with Crippen molar-refractivity contribution in [2.45, 2.75) is 25.8 Å². The Balaban J connectivity index is 1.80. The third-order valence-electron chi connectivity index (χ3n) is 2.85. The second kappa shape index (κ2) is 5.82. The molecule has 0 bridgehead atoms. The zero-order valence-electron chi connectivity index (χ0n) is 9.93. The number of anilines is 1. The van der Waals surface area contributed by atoms with Crippen LogP contribution in [0.25, 0.3) is 0 Å². The molecule has 1 fully saturated rings. The first kappa shape index (κ1) is 12.1. The van der Waals surface area contributed by atoms with E-state index in [4.69, 9.17) is 0 Å². The fraction of sp³-hybridized carbons (Fsp3) is 0.500. The van der Waals surface area contributed by atoms with E-state index < -0.39 is 0 Å². The van der Waals surface area contributed by atoms with Crippen molar-refractivity contribution in [3.63, 3.8) is 0 Å². The third-order valence-corrected chi connectivity index (χ3v) is 3.68. The van der Waals surface area contributed by atoms with Crippen LogP contribution in [0.5, 0.6) is 0 Å². The number of rotatable bonds is 3. The number of nitrogens with one attached hydrogen (secondary N) is 1. The van der Waals surface area contributed by atoms with Crippen LogP contribution in [0.1, 0.15) is 19.8 Å². The van der Waals surface area contributed by atoms with Gasteiger partial charge in [0.2, 0.25) is 5.91 Å². The van der Waals surface area contributed by atoms with Crippen LogP contribution in [0.4, 0.5) is 5.13 Å². The van der Waals surface area contributed by atoms with Gasteiger partial charge >= 0.3 is 0 Å². The average Bonchev–Trinajstić information content (AvgIpc) is 2.84. The van der Waals surface area contributed by atoms with Gasteiger partial charge in [0.15, 0.2) is 5.13 Å². The van der Waals surface area contributed by atoms with Crippen LogP contribution < -0.4 is 10.2 Å². The molecular weight excluding hydrogens is 234 g/mol. The molecule has 92 valence electrons. The summed E-state index contributed by atoms with van der Waals surface area (Å²) in [4.78, 5) is 18.0. The molecule has 2 heterocycles. The second-order valence-electron chi connectivity index (χ2n) is 4.08. The second-order valence-corrected chi connectivity index (χ2v) is 4.96. The molecule has 5 heteroatoms. The van der Waals surface area contributed by atoms with Crippen LogP contribution in [0, 0.1) is 0 Å². The summed E-state index contributed by atoms with van der Waals surface area (Å²) in [6, 6.07) is 0.301. The van der Waals surface area contributed by atoms with E-state index in [-0.39, 0.29) is 5.91 Å². The Morgan fingerprint density at radius 3 is 2.94 bits per heavy atom. The van der Waals surface area contributed by atoms with Crippen molar-refractivity contribution in [2.75, 3.05) is 18.0 Å². The lowest BCUT2D eigenvalue weighted by atomic mass is 10.1. The topological polar surface area (TPSA) is 45.2 Å². The first-order chi connectivity index (χ1) is 8.29. The summed E-state index contributed by atoms with van der Waals surface area (Å²) >= 11 is 1.67. The monoisotopic (exact) mass is 251 g/mol. The van der Waals surface area contributed by atoms with Gasteiger partial charge in [-0.25, -0.2) is 4.98 Å². The molecule has 0 unspecified atom stereocenters. The number of nitrogens with zero attached hydrogens (tertiary/aromatic N) is 2. The van der Waals surface area contributed by atoms with E-state index in [0.29, 0.717) is 6.04 Å². The predicted octanol–water partition coefficient (Wildman–Crippen LogP) is 1.80. The third kappa shape index (κ3) is 3.30. The molecular formula is C12H17N3OS. The molecule has 0 spiro atoms. The van der Waals surface area contributed by atoms with Crippen molar-refractivity contribution in [3.05, 3.63) is 23.7 Å². The molecule has 17 heavy (non-hydrogen) atoms. The number of hydrogen-bond acceptors (Lipinski definition) is 4. The van der Waals surface area contributed by atoms with E-state index in [2.05, 4.69) is 15.2 Å². The number of carbonyl (C=O) groups excluding carboxylic acids is 1. The molecule has 1 saturated heterocycles. The normalized spacial score (nSPS) is 17.6. The van der Waals surface area contributed by atoms with Gasteiger partial charge < -0.3 is 10.2 Å². The van der Waals surface area contributed by atoms with Crippen molar-refractivity contribution in [1.29, 1.82) is 0 Å². The molecule has 1 aromatic rings. The molecule has 0 aromatic carbocycles. The van der Waals surface area contributed by atoms with E-state index in [0.717, 1.165) is 31.1 Å². The number of aromatic nitrogens is 1. The van der Waals surface area contributed by atoms with Crippen molar-refractivity contribution in [2.24, 2.45) is 0 Å². The largest absolute Gasteiger partial charge is 0.350 e. The molecule has 0 radical (unpaired) electrons. The number of thiazole rings is 1. The molecule has 2 rings (SSSR count). The highest BCUT2D eigenvalue weighted by atomic mass is 32.1. The highest BCUT2D eigenvalue weighted by Crippen LogP contribution is 2.21. The van der Waals surface area contributed by atoms with Gasteiger partial charge in [-0.15, -0.1) is 11.3 Å². The minimum Gasteiger partial charge on any atom is -0.350 e. The van der Waals surface area contributed by atoms with Gasteiger partial charge in [0, 0.05) is 30.7 Å². The lowest BCUT2D eigenvalue weighted by molar-refractivity contribution is -0.117. The Labute approximate surface area is 105 Å². The SMILES string of the molecule is C/C=C/C(=O)NC1CCN(c2nccs2)CC1. The first-order valence-electron chi connectivity index (χ1n) is 5.87. The highest BCUT2D eigenvalue weighted by Gasteiger charge is 2.21. The van der Waals surface area contributed by atoms with E-state index >= 15 is 0 Å². The Bertz CT molecular complexity index is 380. The van der Waals surface area contributed by atoms with E-state index in [1.165, 1.54) is 0 Å². The summed E-state index contributed by atoms with van der Waals surface area (Å²) in [7, 11) is 0. The fourth-order valence-electron chi connectivity index (χ4n) is 1.99. The maximum absolute atomic E-state index is 11.4.